The Balaban J connectivity index is 1.72. The molecule has 0 radical (unpaired) electrons. The van der Waals surface area contributed by atoms with Crippen LogP contribution in [0.4, 0.5) is 0 Å². The Kier molecular flexibility index (Phi) is 7.87. The van der Waals surface area contributed by atoms with E-state index in [4.69, 9.17) is 4.74 Å². The first-order valence-corrected chi connectivity index (χ1v) is 10.1. The maximum absolute atomic E-state index is 12.5. The lowest BCUT2D eigenvalue weighted by molar-refractivity contribution is -0.148. The first-order valence-electron chi connectivity index (χ1n) is 10.1. The van der Waals surface area contributed by atoms with Crippen LogP contribution in [0.5, 0.6) is 0 Å². The van der Waals surface area contributed by atoms with Gasteiger partial charge in [-0.25, -0.2) is 4.68 Å². The molecule has 1 unspecified atom stereocenters. The minimum Gasteiger partial charge on any atom is -0.456 e. The average Bonchev–Trinajstić information content (AvgIpc) is 3.21. The molecule has 0 bridgehead atoms. The number of aryl methyl sites for hydroxylation is 2. The van der Waals surface area contributed by atoms with Crippen molar-refractivity contribution in [2.75, 3.05) is 13.2 Å². The van der Waals surface area contributed by atoms with Gasteiger partial charge in [0.15, 0.2) is 12.4 Å². The van der Waals surface area contributed by atoms with Gasteiger partial charge in [-0.05, 0) is 41.7 Å². The van der Waals surface area contributed by atoms with Gasteiger partial charge in [-0.15, -0.1) is 5.10 Å². The van der Waals surface area contributed by atoms with E-state index in [0.717, 1.165) is 12.0 Å². The van der Waals surface area contributed by atoms with Gasteiger partial charge in [0, 0.05) is 25.9 Å². The quantitative estimate of drug-likeness (QED) is 0.708. The number of carbonyl (C=O) groups is 3. The summed E-state index contributed by atoms with van der Waals surface area (Å²) in [6.07, 6.45) is 2.72. The van der Waals surface area contributed by atoms with Crippen LogP contribution in [0.2, 0.25) is 0 Å². The SMILES string of the molecule is O=C1COC(=O)CCCn2nnnc2C(CCc2ccccc2)NC(=O)CCCN1. The molecule has 10 heteroatoms. The maximum atomic E-state index is 12.5. The predicted molar refractivity (Wildman–Crippen MR) is 106 cm³/mol. The first kappa shape index (κ1) is 21.4. The zero-order valence-corrected chi connectivity index (χ0v) is 16.7. The fourth-order valence-corrected chi connectivity index (χ4v) is 3.23. The van der Waals surface area contributed by atoms with E-state index in [-0.39, 0.29) is 37.3 Å². The zero-order chi connectivity index (χ0) is 21.2. The van der Waals surface area contributed by atoms with Crippen molar-refractivity contribution in [3.05, 3.63) is 41.7 Å². The molecule has 1 atom stereocenters. The van der Waals surface area contributed by atoms with Gasteiger partial charge in [-0.2, -0.15) is 0 Å². The normalized spacial score (nSPS) is 19.3. The Bertz CT molecular complexity index is 854. The number of rotatable bonds is 3. The molecule has 10 nitrogen and oxygen atoms in total. The number of nitrogens with zero attached hydrogens (tertiary/aromatic N) is 4. The molecule has 3 rings (SSSR count). The van der Waals surface area contributed by atoms with Gasteiger partial charge in [0.2, 0.25) is 5.91 Å². The van der Waals surface area contributed by atoms with Crippen molar-refractivity contribution in [2.45, 2.75) is 51.1 Å². The average molecular weight is 414 g/mol. The number of ether oxygens (including phenoxy) is 1. The monoisotopic (exact) mass is 414 g/mol. The standard InChI is InChI=1S/C20H26N6O4/c27-17-8-4-12-21-18(28)14-30-19(29)9-5-13-26-20(23-24-25-26)16(22-17)11-10-15-6-2-1-3-7-15/h1-3,6-7,16H,4-5,8-14H2,(H,21,28)(H,22,27). The smallest absolute Gasteiger partial charge is 0.306 e. The largest absolute Gasteiger partial charge is 0.456 e. The molecule has 2 heterocycles. The number of carbonyl (C=O) groups excluding carboxylic acids is 3. The van der Waals surface area contributed by atoms with Crippen molar-refractivity contribution in [3.63, 3.8) is 0 Å². The highest BCUT2D eigenvalue weighted by Crippen LogP contribution is 2.18. The van der Waals surface area contributed by atoms with Gasteiger partial charge < -0.3 is 15.4 Å². The zero-order valence-electron chi connectivity index (χ0n) is 16.7. The second-order valence-corrected chi connectivity index (χ2v) is 7.12. The minimum atomic E-state index is -0.444. The van der Waals surface area contributed by atoms with Gasteiger partial charge >= 0.3 is 5.97 Å². The van der Waals surface area contributed by atoms with Gasteiger partial charge in [-0.3, -0.25) is 14.4 Å². The number of cyclic esters (lactones) is 1. The summed E-state index contributed by atoms with van der Waals surface area (Å²) in [5, 5.41) is 17.6. The lowest BCUT2D eigenvalue weighted by Gasteiger charge is -2.19. The number of nitrogens with one attached hydrogen (secondary N) is 2. The summed E-state index contributed by atoms with van der Waals surface area (Å²) in [6.45, 7) is 0.417. The van der Waals surface area contributed by atoms with E-state index in [2.05, 4.69) is 26.2 Å². The van der Waals surface area contributed by atoms with Crippen LogP contribution in [0.25, 0.3) is 0 Å². The highest BCUT2D eigenvalue weighted by molar-refractivity contribution is 5.80. The molecule has 1 aliphatic rings. The molecule has 2 aromatic rings. The van der Waals surface area contributed by atoms with Gasteiger partial charge in [0.1, 0.15) is 0 Å². The van der Waals surface area contributed by atoms with Crippen molar-refractivity contribution < 1.29 is 19.1 Å². The minimum absolute atomic E-state index is 0.129. The lowest BCUT2D eigenvalue weighted by Crippen LogP contribution is -2.33. The number of tetrazole rings is 1. The number of esters is 1. The molecule has 30 heavy (non-hydrogen) atoms. The van der Waals surface area contributed by atoms with E-state index in [9.17, 15) is 14.4 Å². The fourth-order valence-electron chi connectivity index (χ4n) is 3.23. The predicted octanol–water partition coefficient (Wildman–Crippen LogP) is 0.697. The third-order valence-corrected chi connectivity index (χ3v) is 4.79. The van der Waals surface area contributed by atoms with Crippen LogP contribution >= 0.6 is 0 Å². The van der Waals surface area contributed by atoms with Gasteiger partial charge in [0.05, 0.1) is 6.04 Å². The lowest BCUT2D eigenvalue weighted by atomic mass is 10.0. The summed E-state index contributed by atoms with van der Waals surface area (Å²) in [5.74, 6) is -0.386. The van der Waals surface area contributed by atoms with Crippen LogP contribution in [-0.4, -0.2) is 51.1 Å². The molecule has 0 saturated heterocycles. The van der Waals surface area contributed by atoms with E-state index >= 15 is 0 Å². The molecule has 160 valence electrons. The van der Waals surface area contributed by atoms with E-state index in [0.29, 0.717) is 38.2 Å². The number of benzene rings is 1. The topological polar surface area (TPSA) is 128 Å². The summed E-state index contributed by atoms with van der Waals surface area (Å²) in [7, 11) is 0. The second-order valence-electron chi connectivity index (χ2n) is 7.12. The van der Waals surface area contributed by atoms with Crippen molar-refractivity contribution in [1.29, 1.82) is 0 Å². The fraction of sp³-hybridized carbons (Fsp3) is 0.500. The van der Waals surface area contributed by atoms with Crippen LogP contribution < -0.4 is 10.6 Å². The summed E-state index contributed by atoms with van der Waals surface area (Å²) in [5.41, 5.74) is 1.16. The maximum Gasteiger partial charge on any atom is 0.306 e. The van der Waals surface area contributed by atoms with Crippen LogP contribution in [0.1, 0.15) is 49.5 Å². The highest BCUT2D eigenvalue weighted by Gasteiger charge is 2.22. The summed E-state index contributed by atoms with van der Waals surface area (Å²) >= 11 is 0. The van der Waals surface area contributed by atoms with Crippen LogP contribution in [0.3, 0.4) is 0 Å². The van der Waals surface area contributed by atoms with Crippen molar-refractivity contribution >= 4 is 17.8 Å². The molecule has 0 aliphatic carbocycles. The summed E-state index contributed by atoms with van der Waals surface area (Å²) in [4.78, 5) is 36.0. The number of amides is 2. The molecule has 1 aliphatic heterocycles. The first-order chi connectivity index (χ1) is 14.6. The van der Waals surface area contributed by atoms with E-state index in [1.807, 2.05) is 30.3 Å². The summed E-state index contributed by atoms with van der Waals surface area (Å²) < 4.78 is 6.58. The Labute approximate surface area is 174 Å². The van der Waals surface area contributed by atoms with Gasteiger partial charge in [-0.1, -0.05) is 30.3 Å². The van der Waals surface area contributed by atoms with Crippen LogP contribution in [0.15, 0.2) is 30.3 Å². The summed E-state index contributed by atoms with van der Waals surface area (Å²) in [6, 6.07) is 9.63. The third kappa shape index (κ3) is 6.64. The van der Waals surface area contributed by atoms with Crippen molar-refractivity contribution in [1.82, 2.24) is 30.8 Å². The molecular formula is C20H26N6O4. The van der Waals surface area contributed by atoms with E-state index in [1.54, 1.807) is 4.68 Å². The van der Waals surface area contributed by atoms with Crippen molar-refractivity contribution in [3.8, 4) is 0 Å². The molecule has 0 spiro atoms. The second kappa shape index (κ2) is 11.0. The number of fused-ring (bicyclic) bond motifs is 1. The van der Waals surface area contributed by atoms with E-state index < -0.39 is 5.97 Å². The molecule has 0 fully saturated rings. The Hall–Kier alpha value is -3.30. The molecule has 2 N–H and O–H groups in total. The molecule has 0 saturated carbocycles. The molecular weight excluding hydrogens is 388 g/mol. The van der Waals surface area contributed by atoms with E-state index in [1.165, 1.54) is 0 Å². The molecule has 1 aromatic heterocycles. The van der Waals surface area contributed by atoms with Gasteiger partial charge in [0.25, 0.3) is 5.91 Å². The van der Waals surface area contributed by atoms with Crippen LogP contribution in [-0.2, 0) is 32.1 Å². The van der Waals surface area contributed by atoms with Crippen molar-refractivity contribution in [2.24, 2.45) is 0 Å². The number of hydrogen-bond donors (Lipinski definition) is 2. The molecule has 2 amide bonds. The Morgan fingerprint density at radius 2 is 1.90 bits per heavy atom. The number of hydrogen-bond acceptors (Lipinski definition) is 7. The molecule has 1 aromatic carbocycles. The third-order valence-electron chi connectivity index (χ3n) is 4.79. The Morgan fingerprint density at radius 3 is 2.73 bits per heavy atom. The number of aromatic nitrogens is 4. The van der Waals surface area contributed by atoms with Crippen LogP contribution in [0, 0.1) is 0 Å². The highest BCUT2D eigenvalue weighted by atomic mass is 16.5. The Morgan fingerprint density at radius 1 is 1.07 bits per heavy atom.